The van der Waals surface area contributed by atoms with E-state index in [-0.39, 0.29) is 23.9 Å². The van der Waals surface area contributed by atoms with E-state index in [4.69, 9.17) is 0 Å². The topological polar surface area (TPSA) is 82.2 Å². The number of amides is 1. The maximum atomic E-state index is 12.1. The molecule has 0 spiro atoms. The Kier molecular flexibility index (Phi) is 4.24. The first-order chi connectivity index (χ1) is 10.6. The lowest BCUT2D eigenvalue weighted by atomic mass is 9.92. The van der Waals surface area contributed by atoms with E-state index >= 15 is 0 Å². The number of hydrogen-bond acceptors (Lipinski definition) is 3. The Balaban J connectivity index is 1.73. The molecule has 3 rings (SSSR count). The Morgan fingerprint density at radius 3 is 2.86 bits per heavy atom. The van der Waals surface area contributed by atoms with Crippen LogP contribution in [0.3, 0.4) is 0 Å². The number of para-hydroxylation sites is 1. The second-order valence-electron chi connectivity index (χ2n) is 5.91. The van der Waals surface area contributed by atoms with Gasteiger partial charge in [0.15, 0.2) is 0 Å². The molecule has 0 aliphatic heterocycles. The van der Waals surface area contributed by atoms with Gasteiger partial charge < -0.3 is 15.4 Å². The van der Waals surface area contributed by atoms with E-state index in [9.17, 15) is 14.7 Å². The summed E-state index contributed by atoms with van der Waals surface area (Å²) < 4.78 is 0. The molecule has 0 bridgehead atoms. The number of carbonyl (C=O) groups is 1. The lowest BCUT2D eigenvalue weighted by molar-refractivity contribution is -0.122. The molecule has 5 nitrogen and oxygen atoms in total. The van der Waals surface area contributed by atoms with Crippen LogP contribution in [0.4, 0.5) is 0 Å². The highest BCUT2D eigenvalue weighted by atomic mass is 16.3. The van der Waals surface area contributed by atoms with Gasteiger partial charge in [-0.3, -0.25) is 9.59 Å². The summed E-state index contributed by atoms with van der Waals surface area (Å²) in [4.78, 5) is 27.0. The molecule has 22 heavy (non-hydrogen) atoms. The summed E-state index contributed by atoms with van der Waals surface area (Å²) in [5.74, 6) is -0.216. The van der Waals surface area contributed by atoms with Gasteiger partial charge in [0.1, 0.15) is 0 Å². The zero-order valence-corrected chi connectivity index (χ0v) is 12.3. The molecule has 1 aliphatic rings. The maximum Gasteiger partial charge on any atom is 0.252 e. The molecule has 2 unspecified atom stereocenters. The van der Waals surface area contributed by atoms with Gasteiger partial charge in [-0.15, -0.1) is 0 Å². The number of aliphatic hydroxyl groups is 1. The van der Waals surface area contributed by atoms with Crippen LogP contribution in [0.5, 0.6) is 0 Å². The minimum Gasteiger partial charge on any atom is -0.391 e. The second-order valence-corrected chi connectivity index (χ2v) is 5.91. The highest BCUT2D eigenvalue weighted by Gasteiger charge is 2.24. The monoisotopic (exact) mass is 300 g/mol. The molecule has 5 heteroatoms. The summed E-state index contributed by atoms with van der Waals surface area (Å²) in [6, 6.07) is 9.04. The Morgan fingerprint density at radius 2 is 2.05 bits per heavy atom. The minimum atomic E-state index is -0.479. The minimum absolute atomic E-state index is 0.0311. The third-order valence-corrected chi connectivity index (χ3v) is 4.26. The average molecular weight is 300 g/mol. The van der Waals surface area contributed by atoms with E-state index in [1.807, 2.05) is 24.3 Å². The van der Waals surface area contributed by atoms with Crippen LogP contribution in [0.15, 0.2) is 35.1 Å². The van der Waals surface area contributed by atoms with Crippen molar-refractivity contribution in [1.82, 2.24) is 10.3 Å². The molecule has 1 aromatic heterocycles. The number of aliphatic hydroxyl groups excluding tert-OH is 1. The average Bonchev–Trinajstić information content (AvgIpc) is 2.50. The van der Waals surface area contributed by atoms with Gasteiger partial charge in [0.05, 0.1) is 18.6 Å². The SMILES string of the molecule is O=C(Cc1cc2ccccc2[nH]c1=O)NC1CCCCC1O. The zero-order valence-electron chi connectivity index (χ0n) is 12.3. The third-order valence-electron chi connectivity index (χ3n) is 4.26. The predicted octanol–water partition coefficient (Wildman–Crippen LogP) is 1.49. The van der Waals surface area contributed by atoms with Crippen molar-refractivity contribution in [3.63, 3.8) is 0 Å². The molecule has 0 radical (unpaired) electrons. The van der Waals surface area contributed by atoms with Crippen LogP contribution in [0.1, 0.15) is 31.2 Å². The molecule has 3 N–H and O–H groups in total. The van der Waals surface area contributed by atoms with Gasteiger partial charge in [0.2, 0.25) is 5.91 Å². The number of H-pyrrole nitrogens is 1. The molecule has 1 saturated carbocycles. The quantitative estimate of drug-likeness (QED) is 0.803. The van der Waals surface area contributed by atoms with Crippen LogP contribution in [-0.2, 0) is 11.2 Å². The van der Waals surface area contributed by atoms with Gasteiger partial charge in [0.25, 0.3) is 5.56 Å². The summed E-state index contributed by atoms with van der Waals surface area (Å²) in [6.07, 6.45) is 3.08. The number of fused-ring (bicyclic) bond motifs is 1. The van der Waals surface area contributed by atoms with E-state index in [2.05, 4.69) is 10.3 Å². The molecular formula is C17H20N2O3. The fourth-order valence-electron chi connectivity index (χ4n) is 3.03. The van der Waals surface area contributed by atoms with Crippen molar-refractivity contribution < 1.29 is 9.90 Å². The first-order valence-corrected chi connectivity index (χ1v) is 7.72. The number of pyridine rings is 1. The summed E-state index contributed by atoms with van der Waals surface area (Å²) in [5, 5.41) is 13.7. The van der Waals surface area contributed by atoms with Crippen molar-refractivity contribution in [2.24, 2.45) is 0 Å². The first kappa shape index (κ1) is 14.8. The van der Waals surface area contributed by atoms with Crippen molar-refractivity contribution in [3.05, 3.63) is 46.2 Å². The fourth-order valence-corrected chi connectivity index (χ4v) is 3.03. The number of aromatic amines is 1. The molecule has 1 aliphatic carbocycles. The predicted molar refractivity (Wildman–Crippen MR) is 84.7 cm³/mol. The van der Waals surface area contributed by atoms with Gasteiger partial charge in [0, 0.05) is 11.1 Å². The molecule has 1 fully saturated rings. The van der Waals surface area contributed by atoms with Gasteiger partial charge in [-0.25, -0.2) is 0 Å². The van der Waals surface area contributed by atoms with Gasteiger partial charge in [-0.05, 0) is 30.4 Å². The number of hydrogen-bond donors (Lipinski definition) is 3. The lowest BCUT2D eigenvalue weighted by Gasteiger charge is -2.28. The summed E-state index contributed by atoms with van der Waals surface area (Å²) in [7, 11) is 0. The Bertz CT molecular complexity index is 738. The number of aromatic nitrogens is 1. The van der Waals surface area contributed by atoms with Crippen LogP contribution in [0.25, 0.3) is 10.9 Å². The van der Waals surface area contributed by atoms with Crippen LogP contribution in [-0.4, -0.2) is 28.1 Å². The van der Waals surface area contributed by atoms with Gasteiger partial charge >= 0.3 is 0 Å². The highest BCUT2D eigenvalue weighted by molar-refractivity contribution is 5.82. The molecule has 2 aromatic rings. The summed E-state index contributed by atoms with van der Waals surface area (Å²) in [5.41, 5.74) is 0.971. The van der Waals surface area contributed by atoms with Crippen molar-refractivity contribution in [1.29, 1.82) is 0 Å². The zero-order chi connectivity index (χ0) is 15.5. The Labute approximate surface area is 128 Å². The number of carbonyl (C=O) groups excluding carboxylic acids is 1. The lowest BCUT2D eigenvalue weighted by Crippen LogP contribution is -2.45. The molecule has 0 saturated heterocycles. The highest BCUT2D eigenvalue weighted by Crippen LogP contribution is 2.18. The van der Waals surface area contributed by atoms with Crippen LogP contribution in [0, 0.1) is 0 Å². The Morgan fingerprint density at radius 1 is 1.27 bits per heavy atom. The fraction of sp³-hybridized carbons (Fsp3) is 0.412. The van der Waals surface area contributed by atoms with Crippen molar-refractivity contribution in [2.45, 2.75) is 44.2 Å². The first-order valence-electron chi connectivity index (χ1n) is 7.72. The third kappa shape index (κ3) is 3.20. The van der Waals surface area contributed by atoms with Crippen LogP contribution < -0.4 is 10.9 Å². The largest absolute Gasteiger partial charge is 0.391 e. The van der Waals surface area contributed by atoms with E-state index < -0.39 is 6.10 Å². The summed E-state index contributed by atoms with van der Waals surface area (Å²) in [6.45, 7) is 0. The van der Waals surface area contributed by atoms with E-state index in [1.54, 1.807) is 6.07 Å². The standard InChI is InChI=1S/C17H20N2O3/c20-15-8-4-3-7-14(15)18-16(21)10-12-9-11-5-1-2-6-13(11)19-17(12)22/h1-2,5-6,9,14-15,20H,3-4,7-8,10H2,(H,18,21)(H,19,22). The normalized spacial score (nSPS) is 21.7. The van der Waals surface area contributed by atoms with Crippen molar-refractivity contribution >= 4 is 16.8 Å². The van der Waals surface area contributed by atoms with Gasteiger partial charge in [-0.1, -0.05) is 31.0 Å². The van der Waals surface area contributed by atoms with Crippen molar-refractivity contribution in [2.75, 3.05) is 0 Å². The molecule has 1 aromatic carbocycles. The smallest absolute Gasteiger partial charge is 0.252 e. The van der Waals surface area contributed by atoms with Crippen LogP contribution >= 0.6 is 0 Å². The number of benzene rings is 1. The van der Waals surface area contributed by atoms with E-state index in [0.29, 0.717) is 5.56 Å². The maximum absolute atomic E-state index is 12.1. The summed E-state index contributed by atoms with van der Waals surface area (Å²) >= 11 is 0. The van der Waals surface area contributed by atoms with Crippen molar-refractivity contribution in [3.8, 4) is 0 Å². The van der Waals surface area contributed by atoms with E-state index in [1.165, 1.54) is 0 Å². The molecular weight excluding hydrogens is 280 g/mol. The van der Waals surface area contributed by atoms with E-state index in [0.717, 1.165) is 36.6 Å². The molecule has 1 heterocycles. The second kappa shape index (κ2) is 6.32. The Hall–Kier alpha value is -2.14. The molecule has 1 amide bonds. The van der Waals surface area contributed by atoms with Gasteiger partial charge in [-0.2, -0.15) is 0 Å². The molecule has 116 valence electrons. The number of rotatable bonds is 3. The molecule has 2 atom stereocenters. The van der Waals surface area contributed by atoms with Crippen LogP contribution in [0.2, 0.25) is 0 Å². The number of nitrogens with one attached hydrogen (secondary N) is 2.